The molecular weight excluding hydrogens is 255 g/mol. The molecule has 2 aromatic heterocycles. The summed E-state index contributed by atoms with van der Waals surface area (Å²) >= 11 is 1.50. The third-order valence-corrected chi connectivity index (χ3v) is 3.06. The summed E-state index contributed by atoms with van der Waals surface area (Å²) in [6, 6.07) is 1.83. The van der Waals surface area contributed by atoms with Crippen molar-refractivity contribution < 1.29 is 9.50 Å². The normalized spacial score (nSPS) is 12.2. The highest BCUT2D eigenvalue weighted by molar-refractivity contribution is 7.07. The molecule has 0 radical (unpaired) electrons. The van der Waals surface area contributed by atoms with Crippen LogP contribution in [0.5, 0.6) is 0 Å². The molecule has 1 unspecified atom stereocenters. The van der Waals surface area contributed by atoms with Gasteiger partial charge in [-0.05, 0) is 22.4 Å². The summed E-state index contributed by atoms with van der Waals surface area (Å²) in [5.74, 6) is -0.154. The van der Waals surface area contributed by atoms with Gasteiger partial charge >= 0.3 is 0 Å². The van der Waals surface area contributed by atoms with Gasteiger partial charge in [-0.3, -0.25) is 0 Å². The Kier molecular flexibility index (Phi) is 4.06. The lowest BCUT2D eigenvalue weighted by Gasteiger charge is -2.12. The maximum Gasteiger partial charge on any atom is 0.224 e. The molecule has 0 fully saturated rings. The number of nitrogens with one attached hydrogen (secondary N) is 2. The number of hydrogen-bond acceptors (Lipinski definition) is 6. The predicted octanol–water partition coefficient (Wildman–Crippen LogP) is 1.86. The Hall–Kier alpha value is -1.73. The lowest BCUT2D eigenvalue weighted by molar-refractivity contribution is 0.192. The molecule has 18 heavy (non-hydrogen) atoms. The van der Waals surface area contributed by atoms with Crippen LogP contribution in [0.2, 0.25) is 0 Å². The van der Waals surface area contributed by atoms with Crippen LogP contribution in [-0.4, -0.2) is 28.7 Å². The van der Waals surface area contributed by atoms with Gasteiger partial charge in [0.1, 0.15) is 0 Å². The molecular formula is C11H13FN4OS. The van der Waals surface area contributed by atoms with E-state index >= 15 is 0 Å². The number of thiophene rings is 1. The average Bonchev–Trinajstić information content (AvgIpc) is 2.91. The van der Waals surface area contributed by atoms with Crippen molar-refractivity contribution in [1.82, 2.24) is 9.97 Å². The van der Waals surface area contributed by atoms with Gasteiger partial charge in [0, 0.05) is 13.6 Å². The fourth-order valence-corrected chi connectivity index (χ4v) is 2.09. The van der Waals surface area contributed by atoms with Gasteiger partial charge in [0.05, 0.1) is 12.3 Å². The van der Waals surface area contributed by atoms with E-state index in [1.807, 2.05) is 16.8 Å². The number of nitrogens with zero attached hydrogens (tertiary/aromatic N) is 2. The lowest BCUT2D eigenvalue weighted by atomic mass is 10.2. The van der Waals surface area contributed by atoms with Crippen molar-refractivity contribution >= 4 is 23.1 Å². The van der Waals surface area contributed by atoms with E-state index < -0.39 is 11.9 Å². The zero-order valence-electron chi connectivity index (χ0n) is 9.72. The van der Waals surface area contributed by atoms with Gasteiger partial charge in [0.25, 0.3) is 0 Å². The number of rotatable bonds is 5. The van der Waals surface area contributed by atoms with E-state index in [4.69, 9.17) is 0 Å². The third-order valence-electron chi connectivity index (χ3n) is 2.36. The first-order valence-electron chi connectivity index (χ1n) is 5.35. The third kappa shape index (κ3) is 2.93. The van der Waals surface area contributed by atoms with Crippen molar-refractivity contribution in [3.63, 3.8) is 0 Å². The van der Waals surface area contributed by atoms with Crippen molar-refractivity contribution in [3.05, 3.63) is 34.4 Å². The van der Waals surface area contributed by atoms with Crippen molar-refractivity contribution in [2.24, 2.45) is 0 Å². The van der Waals surface area contributed by atoms with Crippen molar-refractivity contribution in [3.8, 4) is 0 Å². The van der Waals surface area contributed by atoms with Gasteiger partial charge < -0.3 is 15.7 Å². The number of aliphatic hydroxyl groups excluding tert-OH is 1. The average molecular weight is 268 g/mol. The summed E-state index contributed by atoms with van der Waals surface area (Å²) < 4.78 is 13.4. The second-order valence-electron chi connectivity index (χ2n) is 3.59. The zero-order valence-corrected chi connectivity index (χ0v) is 10.5. The number of aromatic nitrogens is 2. The minimum absolute atomic E-state index is 0.0728. The molecule has 96 valence electrons. The Bertz CT molecular complexity index is 506. The fourth-order valence-electron chi connectivity index (χ4n) is 1.39. The van der Waals surface area contributed by atoms with Crippen LogP contribution in [0.25, 0.3) is 0 Å². The number of aliphatic hydroxyl groups is 1. The van der Waals surface area contributed by atoms with Crippen LogP contribution in [0.4, 0.5) is 16.2 Å². The monoisotopic (exact) mass is 268 g/mol. The molecule has 0 aliphatic rings. The summed E-state index contributed by atoms with van der Waals surface area (Å²) in [6.07, 6.45) is 0.390. The summed E-state index contributed by atoms with van der Waals surface area (Å²) in [5.41, 5.74) is 0.802. The minimum atomic E-state index is -0.691. The van der Waals surface area contributed by atoms with Crippen LogP contribution in [0.15, 0.2) is 23.0 Å². The van der Waals surface area contributed by atoms with E-state index in [1.54, 1.807) is 7.05 Å². The second-order valence-corrected chi connectivity index (χ2v) is 4.37. The maximum absolute atomic E-state index is 13.4. The summed E-state index contributed by atoms with van der Waals surface area (Å²) in [5, 5.41) is 19.1. The van der Waals surface area contributed by atoms with Crippen molar-refractivity contribution in [1.29, 1.82) is 0 Å². The molecule has 1 atom stereocenters. The molecule has 0 aliphatic heterocycles. The molecule has 2 aromatic rings. The SMILES string of the molecule is CNc1ncc(F)c(NCC(O)c2ccsc2)n1. The molecule has 0 aromatic carbocycles. The fraction of sp³-hybridized carbons (Fsp3) is 0.273. The molecule has 0 saturated heterocycles. The standard InChI is InChI=1S/C11H13FN4OS/c1-13-11-15-4-8(12)10(16-11)14-5-9(17)7-2-3-18-6-7/h2-4,6,9,17H,5H2,1H3,(H2,13,14,15,16). The first-order valence-corrected chi connectivity index (χ1v) is 6.29. The van der Waals surface area contributed by atoms with Gasteiger partial charge in [0.2, 0.25) is 5.95 Å². The molecule has 2 rings (SSSR count). The van der Waals surface area contributed by atoms with Gasteiger partial charge in [-0.25, -0.2) is 9.37 Å². The van der Waals surface area contributed by atoms with Gasteiger partial charge in [-0.15, -0.1) is 0 Å². The van der Waals surface area contributed by atoms with Crippen molar-refractivity contribution in [2.75, 3.05) is 24.2 Å². The molecule has 7 heteroatoms. The summed E-state index contributed by atoms with van der Waals surface area (Å²) in [7, 11) is 1.65. The van der Waals surface area contributed by atoms with Gasteiger partial charge in [-0.2, -0.15) is 16.3 Å². The smallest absolute Gasteiger partial charge is 0.224 e. The van der Waals surface area contributed by atoms with Crippen LogP contribution in [-0.2, 0) is 0 Å². The highest BCUT2D eigenvalue weighted by Gasteiger charge is 2.11. The second kappa shape index (κ2) is 5.74. The van der Waals surface area contributed by atoms with Crippen LogP contribution in [0.3, 0.4) is 0 Å². The quantitative estimate of drug-likeness (QED) is 0.772. The first-order chi connectivity index (χ1) is 8.70. The Morgan fingerprint density at radius 1 is 1.56 bits per heavy atom. The largest absolute Gasteiger partial charge is 0.387 e. The Morgan fingerprint density at radius 2 is 2.39 bits per heavy atom. The highest BCUT2D eigenvalue weighted by atomic mass is 32.1. The predicted molar refractivity (Wildman–Crippen MR) is 69.3 cm³/mol. The van der Waals surface area contributed by atoms with E-state index in [-0.39, 0.29) is 12.4 Å². The summed E-state index contributed by atoms with van der Waals surface area (Å²) in [6.45, 7) is 0.188. The molecule has 0 saturated carbocycles. The molecule has 3 N–H and O–H groups in total. The van der Waals surface area contributed by atoms with Crippen LogP contribution < -0.4 is 10.6 Å². The lowest BCUT2D eigenvalue weighted by Crippen LogP contribution is -2.14. The zero-order chi connectivity index (χ0) is 13.0. The molecule has 5 nitrogen and oxygen atoms in total. The highest BCUT2D eigenvalue weighted by Crippen LogP contribution is 2.18. The van der Waals surface area contributed by atoms with E-state index in [9.17, 15) is 9.50 Å². The van der Waals surface area contributed by atoms with E-state index in [0.29, 0.717) is 5.95 Å². The Balaban J connectivity index is 2.01. The van der Waals surface area contributed by atoms with Crippen LogP contribution in [0, 0.1) is 5.82 Å². The maximum atomic E-state index is 13.4. The van der Waals surface area contributed by atoms with E-state index in [0.717, 1.165) is 11.8 Å². The van der Waals surface area contributed by atoms with E-state index in [2.05, 4.69) is 20.6 Å². The molecule has 2 heterocycles. The van der Waals surface area contributed by atoms with Crippen LogP contribution >= 0.6 is 11.3 Å². The Labute approximate surface area is 108 Å². The number of hydrogen-bond donors (Lipinski definition) is 3. The van der Waals surface area contributed by atoms with Gasteiger partial charge in [0.15, 0.2) is 11.6 Å². The van der Waals surface area contributed by atoms with Gasteiger partial charge in [-0.1, -0.05) is 0 Å². The first kappa shape index (κ1) is 12.7. The molecule has 0 amide bonds. The van der Waals surface area contributed by atoms with E-state index in [1.165, 1.54) is 11.3 Å². The molecule has 0 spiro atoms. The number of halogens is 1. The number of anilines is 2. The summed E-state index contributed by atoms with van der Waals surface area (Å²) in [4.78, 5) is 7.66. The molecule has 0 aliphatic carbocycles. The topological polar surface area (TPSA) is 70.1 Å². The van der Waals surface area contributed by atoms with Crippen molar-refractivity contribution in [2.45, 2.75) is 6.10 Å². The molecule has 0 bridgehead atoms. The van der Waals surface area contributed by atoms with Crippen LogP contribution in [0.1, 0.15) is 11.7 Å². The minimum Gasteiger partial charge on any atom is -0.387 e. The Morgan fingerprint density at radius 3 is 3.06 bits per heavy atom.